The first-order valence-electron chi connectivity index (χ1n) is 12.2. The molecule has 198 valence electrons. The second kappa shape index (κ2) is 13.1. The van der Waals surface area contributed by atoms with Crippen molar-refractivity contribution in [1.82, 2.24) is 10.2 Å². The number of nitrogens with one attached hydrogen (secondary N) is 1. The number of hydrogen-bond donors (Lipinski definition) is 1. The summed E-state index contributed by atoms with van der Waals surface area (Å²) in [7, 11) is -3.59. The molecule has 9 heteroatoms. The van der Waals surface area contributed by atoms with Crippen LogP contribution in [-0.4, -0.2) is 50.0 Å². The third-order valence-corrected chi connectivity index (χ3v) is 7.65. The predicted octanol–water partition coefficient (Wildman–Crippen LogP) is 4.84. The molecule has 2 aromatic carbocycles. The summed E-state index contributed by atoms with van der Waals surface area (Å²) < 4.78 is 26.4. The Kier molecular flexibility index (Phi) is 10.8. The van der Waals surface area contributed by atoms with Gasteiger partial charge in [0.05, 0.1) is 11.9 Å². The molecule has 0 aromatic heterocycles. The minimum Gasteiger partial charge on any atom is -0.352 e. The monoisotopic (exact) mass is 535 g/mol. The van der Waals surface area contributed by atoms with Crippen molar-refractivity contribution in [3.05, 3.63) is 64.2 Å². The number of carbonyl (C=O) groups is 2. The van der Waals surface area contributed by atoms with Gasteiger partial charge in [0.15, 0.2) is 0 Å². The van der Waals surface area contributed by atoms with Crippen LogP contribution in [0.4, 0.5) is 5.69 Å². The Morgan fingerprint density at radius 3 is 2.28 bits per heavy atom. The van der Waals surface area contributed by atoms with Crippen molar-refractivity contribution in [2.24, 2.45) is 0 Å². The molecule has 0 fully saturated rings. The lowest BCUT2D eigenvalue weighted by Gasteiger charge is -2.30. The number of hydrogen-bond acceptors (Lipinski definition) is 4. The number of anilines is 1. The van der Waals surface area contributed by atoms with E-state index in [1.54, 1.807) is 30.0 Å². The van der Waals surface area contributed by atoms with Crippen molar-refractivity contribution in [3.63, 3.8) is 0 Å². The van der Waals surface area contributed by atoms with Crippen molar-refractivity contribution in [3.8, 4) is 0 Å². The molecule has 0 radical (unpaired) electrons. The van der Waals surface area contributed by atoms with Crippen LogP contribution < -0.4 is 9.62 Å². The first kappa shape index (κ1) is 29.6. The van der Waals surface area contributed by atoms with Gasteiger partial charge in [-0.25, -0.2) is 8.42 Å². The second-order valence-electron chi connectivity index (χ2n) is 9.37. The average molecular weight is 536 g/mol. The van der Waals surface area contributed by atoms with E-state index in [1.165, 1.54) is 4.31 Å². The normalized spacial score (nSPS) is 13.1. The molecule has 0 bridgehead atoms. The van der Waals surface area contributed by atoms with Gasteiger partial charge in [-0.1, -0.05) is 54.4 Å². The number of rotatable bonds is 12. The van der Waals surface area contributed by atoms with Crippen LogP contribution in [0.3, 0.4) is 0 Å². The maximum Gasteiger partial charge on any atom is 0.242 e. The Bertz CT molecular complexity index is 1150. The fourth-order valence-electron chi connectivity index (χ4n) is 3.77. The molecule has 2 atom stereocenters. The fraction of sp³-hybridized carbons (Fsp3) is 0.481. The van der Waals surface area contributed by atoms with Gasteiger partial charge >= 0.3 is 0 Å². The van der Waals surface area contributed by atoms with Crippen LogP contribution in [0.25, 0.3) is 0 Å². The molecule has 0 saturated carbocycles. The molecule has 2 aromatic rings. The summed E-state index contributed by atoms with van der Waals surface area (Å²) in [5.74, 6) is -0.421. The number of sulfonamides is 1. The van der Waals surface area contributed by atoms with Crippen molar-refractivity contribution in [1.29, 1.82) is 0 Å². The Morgan fingerprint density at radius 1 is 1.06 bits per heavy atom. The summed E-state index contributed by atoms with van der Waals surface area (Å²) in [6.07, 6.45) is 2.31. The molecule has 2 amide bonds. The molecule has 1 N–H and O–H groups in total. The molecule has 36 heavy (non-hydrogen) atoms. The van der Waals surface area contributed by atoms with Crippen LogP contribution >= 0.6 is 11.6 Å². The Hall–Kier alpha value is -2.58. The highest BCUT2D eigenvalue weighted by Gasteiger charge is 2.27. The third kappa shape index (κ3) is 8.52. The lowest BCUT2D eigenvalue weighted by Crippen LogP contribution is -2.49. The topological polar surface area (TPSA) is 86.8 Å². The highest BCUT2D eigenvalue weighted by molar-refractivity contribution is 7.92. The second-order valence-corrected chi connectivity index (χ2v) is 11.7. The van der Waals surface area contributed by atoms with Crippen molar-refractivity contribution in [2.45, 2.75) is 72.5 Å². The number of carbonyl (C=O) groups excluding carboxylic acids is 2. The van der Waals surface area contributed by atoms with Gasteiger partial charge in [-0.3, -0.25) is 13.9 Å². The molecule has 0 aliphatic rings. The van der Waals surface area contributed by atoms with Crippen LogP contribution in [0.2, 0.25) is 5.02 Å². The largest absolute Gasteiger partial charge is 0.352 e. The maximum atomic E-state index is 13.4. The first-order chi connectivity index (χ1) is 16.8. The summed E-state index contributed by atoms with van der Waals surface area (Å²) in [6.45, 7) is 9.85. The van der Waals surface area contributed by atoms with Gasteiger partial charge < -0.3 is 10.2 Å². The number of halogens is 1. The average Bonchev–Trinajstić information content (AvgIpc) is 2.81. The summed E-state index contributed by atoms with van der Waals surface area (Å²) in [6, 6.07) is 12.3. The predicted molar refractivity (Wildman–Crippen MR) is 147 cm³/mol. The van der Waals surface area contributed by atoms with E-state index in [4.69, 9.17) is 11.6 Å². The van der Waals surface area contributed by atoms with Gasteiger partial charge in [0, 0.05) is 30.6 Å². The lowest BCUT2D eigenvalue weighted by molar-refractivity contribution is -0.140. The van der Waals surface area contributed by atoms with Crippen molar-refractivity contribution < 1.29 is 18.0 Å². The summed E-state index contributed by atoms with van der Waals surface area (Å²) in [5.41, 5.74) is 3.29. The van der Waals surface area contributed by atoms with Gasteiger partial charge in [-0.15, -0.1) is 0 Å². The number of nitrogens with zero attached hydrogens (tertiary/aromatic N) is 2. The van der Waals surface area contributed by atoms with Crippen LogP contribution in [0, 0.1) is 13.8 Å². The summed E-state index contributed by atoms with van der Waals surface area (Å²) >= 11 is 6.11. The first-order valence-corrected chi connectivity index (χ1v) is 14.4. The molecule has 0 spiro atoms. The van der Waals surface area contributed by atoms with E-state index in [0.717, 1.165) is 29.4 Å². The molecule has 0 aliphatic heterocycles. The number of aryl methyl sites for hydroxylation is 2. The van der Waals surface area contributed by atoms with E-state index in [9.17, 15) is 18.0 Å². The van der Waals surface area contributed by atoms with E-state index in [0.29, 0.717) is 17.1 Å². The lowest BCUT2D eigenvalue weighted by atomic mass is 10.1. The van der Waals surface area contributed by atoms with Crippen molar-refractivity contribution in [2.75, 3.05) is 17.1 Å². The standard InChI is InChI=1S/C27H38ClN3O4S/c1-7-21(4)29-27(33)22(5)30(18-23-13-10-19(2)11-14-23)26(32)9-8-16-31(36(6,34)35)25-17-24(28)15-12-20(25)3/h10-15,17,21-22H,7-9,16,18H2,1-6H3,(H,29,33)/t21-,22+/m0/s1. The maximum absolute atomic E-state index is 13.4. The highest BCUT2D eigenvalue weighted by atomic mass is 35.5. The Morgan fingerprint density at radius 2 is 1.69 bits per heavy atom. The van der Waals surface area contributed by atoms with Gasteiger partial charge in [-0.05, 0) is 63.8 Å². The molecule has 0 aliphatic carbocycles. The van der Waals surface area contributed by atoms with Crippen LogP contribution in [0.5, 0.6) is 0 Å². The van der Waals surface area contributed by atoms with Gasteiger partial charge in [0.2, 0.25) is 21.8 Å². The smallest absolute Gasteiger partial charge is 0.242 e. The van der Waals surface area contributed by atoms with E-state index >= 15 is 0 Å². The zero-order chi connectivity index (χ0) is 27.0. The minimum absolute atomic E-state index is 0.000493. The molecule has 0 heterocycles. The third-order valence-electron chi connectivity index (χ3n) is 6.23. The van der Waals surface area contributed by atoms with E-state index in [2.05, 4.69) is 5.32 Å². The van der Waals surface area contributed by atoms with Gasteiger partial charge in [0.1, 0.15) is 6.04 Å². The van der Waals surface area contributed by atoms with E-state index < -0.39 is 16.1 Å². The SMILES string of the molecule is CC[C@H](C)NC(=O)[C@@H](C)N(Cc1ccc(C)cc1)C(=O)CCCN(c1cc(Cl)ccc1C)S(C)(=O)=O. The number of amides is 2. The Labute approximate surface area is 220 Å². The van der Waals surface area contributed by atoms with Crippen LogP contribution in [-0.2, 0) is 26.2 Å². The van der Waals surface area contributed by atoms with Crippen LogP contribution in [0.15, 0.2) is 42.5 Å². The molecular weight excluding hydrogens is 498 g/mol. The van der Waals surface area contributed by atoms with Gasteiger partial charge in [-0.2, -0.15) is 0 Å². The van der Waals surface area contributed by atoms with Crippen molar-refractivity contribution >= 4 is 39.1 Å². The molecular formula is C27H38ClN3O4S. The molecule has 7 nitrogen and oxygen atoms in total. The summed E-state index contributed by atoms with van der Waals surface area (Å²) in [5, 5.41) is 3.39. The Balaban J connectivity index is 2.20. The van der Waals surface area contributed by atoms with Gasteiger partial charge in [0.25, 0.3) is 0 Å². The number of benzene rings is 2. The summed E-state index contributed by atoms with van der Waals surface area (Å²) in [4.78, 5) is 27.8. The molecule has 0 unspecified atom stereocenters. The zero-order valence-corrected chi connectivity index (χ0v) is 23.6. The highest BCUT2D eigenvalue weighted by Crippen LogP contribution is 2.27. The van der Waals surface area contributed by atoms with E-state index in [1.807, 2.05) is 52.0 Å². The minimum atomic E-state index is -3.59. The van der Waals surface area contributed by atoms with E-state index in [-0.39, 0.29) is 37.4 Å². The molecule has 2 rings (SSSR count). The zero-order valence-electron chi connectivity index (χ0n) is 22.0. The quantitative estimate of drug-likeness (QED) is 0.421. The fourth-order valence-corrected chi connectivity index (χ4v) is 4.95. The molecule has 0 saturated heterocycles. The van der Waals surface area contributed by atoms with Crippen LogP contribution in [0.1, 0.15) is 56.7 Å².